The summed E-state index contributed by atoms with van der Waals surface area (Å²) >= 11 is 0. The topological polar surface area (TPSA) is 0 Å². The molecule has 0 atom stereocenters. The van der Waals surface area contributed by atoms with Gasteiger partial charge in [-0.1, -0.05) is 104 Å². The molecule has 0 spiro atoms. The third-order valence-corrected chi connectivity index (χ3v) is 6.00. The molecule has 0 heterocycles. The molecule has 0 amide bonds. The minimum Gasteiger partial charge on any atom is -0.317 e. The van der Waals surface area contributed by atoms with Crippen LogP contribution in [0, 0.1) is 0 Å². The first-order valence-corrected chi connectivity index (χ1v) is 12.3. The fourth-order valence-corrected chi connectivity index (χ4v) is 4.26. The minimum atomic E-state index is 1.11. The second-order valence-corrected chi connectivity index (χ2v) is 8.68. The molecule has 0 aromatic carbocycles. The first-order chi connectivity index (χ1) is 13.2. The molecule has 0 aliphatic rings. The standard InChI is InChI=1S/C26H52N/c1-5-9-11-13-15-17-19-21-25-27(23-7-3,24-8-4)26-22-20-18-16-14-12-10-6-2/h7-8H,3-6,9-26H2,1-2H3/q+1. The molecular weight excluding hydrogens is 326 g/mol. The number of unbranched alkanes of at least 4 members (excludes halogenated alkanes) is 14. The highest BCUT2D eigenvalue weighted by Crippen LogP contribution is 2.17. The lowest BCUT2D eigenvalue weighted by molar-refractivity contribution is -0.917. The highest BCUT2D eigenvalue weighted by Gasteiger charge is 2.23. The summed E-state index contributed by atoms with van der Waals surface area (Å²) in [6.45, 7) is 17.5. The van der Waals surface area contributed by atoms with E-state index < -0.39 is 0 Å². The van der Waals surface area contributed by atoms with Crippen molar-refractivity contribution in [2.24, 2.45) is 0 Å². The zero-order chi connectivity index (χ0) is 20.1. The molecular formula is C26H52N+. The fraction of sp³-hybridized carbons (Fsp3) is 0.846. The predicted molar refractivity (Wildman–Crippen MR) is 125 cm³/mol. The molecule has 27 heavy (non-hydrogen) atoms. The largest absolute Gasteiger partial charge is 0.317 e. The van der Waals surface area contributed by atoms with Gasteiger partial charge in [0.2, 0.25) is 0 Å². The summed E-state index contributed by atoms with van der Waals surface area (Å²) in [5.41, 5.74) is 0. The van der Waals surface area contributed by atoms with Crippen LogP contribution in [0.1, 0.15) is 117 Å². The van der Waals surface area contributed by atoms with Gasteiger partial charge in [0.1, 0.15) is 0 Å². The molecule has 0 saturated carbocycles. The van der Waals surface area contributed by atoms with Crippen molar-refractivity contribution in [2.45, 2.75) is 117 Å². The van der Waals surface area contributed by atoms with Crippen molar-refractivity contribution in [1.29, 1.82) is 0 Å². The van der Waals surface area contributed by atoms with E-state index in [1.807, 2.05) is 0 Å². The van der Waals surface area contributed by atoms with Gasteiger partial charge in [0.25, 0.3) is 0 Å². The number of quaternary nitrogens is 1. The second-order valence-electron chi connectivity index (χ2n) is 8.68. The van der Waals surface area contributed by atoms with Crippen molar-refractivity contribution in [2.75, 3.05) is 26.2 Å². The van der Waals surface area contributed by atoms with Crippen LogP contribution in [-0.4, -0.2) is 30.7 Å². The molecule has 1 nitrogen and oxygen atoms in total. The first-order valence-electron chi connectivity index (χ1n) is 12.3. The molecule has 0 N–H and O–H groups in total. The highest BCUT2D eigenvalue weighted by atomic mass is 15.3. The Morgan fingerprint density at radius 3 is 1.07 bits per heavy atom. The zero-order valence-electron chi connectivity index (χ0n) is 19.2. The summed E-state index contributed by atoms with van der Waals surface area (Å²) in [7, 11) is 0. The Kier molecular flexibility index (Phi) is 19.8. The van der Waals surface area contributed by atoms with Gasteiger partial charge in [0.05, 0.1) is 26.2 Å². The van der Waals surface area contributed by atoms with Gasteiger partial charge in [-0.15, -0.1) is 0 Å². The van der Waals surface area contributed by atoms with E-state index in [2.05, 4.69) is 39.2 Å². The molecule has 0 aromatic heterocycles. The summed E-state index contributed by atoms with van der Waals surface area (Å²) in [6.07, 6.45) is 26.8. The van der Waals surface area contributed by atoms with E-state index in [1.165, 1.54) is 120 Å². The van der Waals surface area contributed by atoms with Crippen LogP contribution in [0.5, 0.6) is 0 Å². The second kappa shape index (κ2) is 20.2. The Hall–Kier alpha value is -0.560. The summed E-state index contributed by atoms with van der Waals surface area (Å²) in [5.74, 6) is 0. The average molecular weight is 379 g/mol. The van der Waals surface area contributed by atoms with Crippen LogP contribution in [-0.2, 0) is 0 Å². The quantitative estimate of drug-likeness (QED) is 0.101. The van der Waals surface area contributed by atoms with Gasteiger partial charge in [-0.05, 0) is 37.8 Å². The van der Waals surface area contributed by atoms with Gasteiger partial charge < -0.3 is 4.48 Å². The fourth-order valence-electron chi connectivity index (χ4n) is 4.26. The maximum atomic E-state index is 4.05. The zero-order valence-corrected chi connectivity index (χ0v) is 19.2. The monoisotopic (exact) mass is 378 g/mol. The molecule has 1 heteroatoms. The normalized spacial score (nSPS) is 11.6. The van der Waals surface area contributed by atoms with Crippen molar-refractivity contribution in [3.63, 3.8) is 0 Å². The minimum absolute atomic E-state index is 1.11. The molecule has 0 rings (SSSR count). The van der Waals surface area contributed by atoms with Crippen LogP contribution in [0.3, 0.4) is 0 Å². The third-order valence-electron chi connectivity index (χ3n) is 6.00. The van der Waals surface area contributed by atoms with E-state index in [0.717, 1.165) is 13.1 Å². The maximum Gasteiger partial charge on any atom is 0.0973 e. The molecule has 0 aliphatic heterocycles. The van der Waals surface area contributed by atoms with E-state index in [1.54, 1.807) is 0 Å². The summed E-state index contributed by atoms with van der Waals surface area (Å²) < 4.78 is 1.19. The third kappa shape index (κ3) is 16.1. The number of nitrogens with zero attached hydrogens (tertiary/aromatic N) is 1. The van der Waals surface area contributed by atoms with Crippen molar-refractivity contribution >= 4 is 0 Å². The predicted octanol–water partition coefficient (Wildman–Crippen LogP) is 8.46. The van der Waals surface area contributed by atoms with E-state index in [-0.39, 0.29) is 0 Å². The molecule has 0 fully saturated rings. The molecule has 0 saturated heterocycles. The summed E-state index contributed by atoms with van der Waals surface area (Å²) in [4.78, 5) is 0. The molecule has 0 aromatic rings. The Labute approximate surface area is 172 Å². The highest BCUT2D eigenvalue weighted by molar-refractivity contribution is 4.72. The average Bonchev–Trinajstić information content (AvgIpc) is 2.66. The lowest BCUT2D eigenvalue weighted by atomic mass is 10.1. The van der Waals surface area contributed by atoms with Crippen LogP contribution >= 0.6 is 0 Å². The van der Waals surface area contributed by atoms with Crippen LogP contribution < -0.4 is 0 Å². The molecule has 0 aliphatic carbocycles. The Bertz CT molecular complexity index is 288. The summed E-state index contributed by atoms with van der Waals surface area (Å²) in [6, 6.07) is 0. The van der Waals surface area contributed by atoms with E-state index in [0.29, 0.717) is 0 Å². The van der Waals surface area contributed by atoms with Crippen molar-refractivity contribution in [3.05, 3.63) is 25.3 Å². The van der Waals surface area contributed by atoms with Crippen molar-refractivity contribution < 1.29 is 4.48 Å². The number of hydrogen-bond acceptors (Lipinski definition) is 0. The van der Waals surface area contributed by atoms with Gasteiger partial charge in [-0.2, -0.15) is 0 Å². The molecule has 160 valence electrons. The Balaban J connectivity index is 4.04. The lowest BCUT2D eigenvalue weighted by Gasteiger charge is -2.37. The Morgan fingerprint density at radius 1 is 0.481 bits per heavy atom. The van der Waals surface area contributed by atoms with Crippen molar-refractivity contribution in [1.82, 2.24) is 0 Å². The molecule has 0 radical (unpaired) electrons. The Morgan fingerprint density at radius 2 is 0.778 bits per heavy atom. The maximum absolute atomic E-state index is 4.05. The van der Waals surface area contributed by atoms with Crippen LogP contribution in [0.4, 0.5) is 0 Å². The van der Waals surface area contributed by atoms with Gasteiger partial charge in [-0.25, -0.2) is 0 Å². The summed E-state index contributed by atoms with van der Waals surface area (Å²) in [5, 5.41) is 0. The van der Waals surface area contributed by atoms with E-state index in [9.17, 15) is 0 Å². The lowest BCUT2D eigenvalue weighted by Crippen LogP contribution is -2.49. The van der Waals surface area contributed by atoms with Gasteiger partial charge >= 0.3 is 0 Å². The van der Waals surface area contributed by atoms with Gasteiger partial charge in [0, 0.05) is 0 Å². The van der Waals surface area contributed by atoms with Crippen LogP contribution in [0.2, 0.25) is 0 Å². The number of hydrogen-bond donors (Lipinski definition) is 0. The van der Waals surface area contributed by atoms with Crippen LogP contribution in [0.25, 0.3) is 0 Å². The smallest absolute Gasteiger partial charge is 0.0973 e. The van der Waals surface area contributed by atoms with Gasteiger partial charge in [-0.3, -0.25) is 0 Å². The SMILES string of the molecule is C=CC[N+](CC=C)(CCCCCCCCCC)CCCCCCCCCC. The van der Waals surface area contributed by atoms with E-state index in [4.69, 9.17) is 0 Å². The molecule has 0 bridgehead atoms. The first kappa shape index (κ1) is 26.4. The van der Waals surface area contributed by atoms with Crippen LogP contribution in [0.15, 0.2) is 25.3 Å². The number of rotatable bonds is 22. The van der Waals surface area contributed by atoms with E-state index >= 15 is 0 Å². The van der Waals surface area contributed by atoms with Gasteiger partial charge in [0.15, 0.2) is 0 Å². The van der Waals surface area contributed by atoms with Crippen molar-refractivity contribution in [3.8, 4) is 0 Å². The molecule has 0 unspecified atom stereocenters.